The third-order valence-corrected chi connectivity index (χ3v) is 5.65. The van der Waals surface area contributed by atoms with Gasteiger partial charge in [-0.05, 0) is 39.9 Å². The van der Waals surface area contributed by atoms with Crippen LogP contribution in [0, 0.1) is 0 Å². The number of anilines is 1. The number of para-hydroxylation sites is 1. The molecule has 0 bridgehead atoms. The number of hydrogen-bond donors (Lipinski definition) is 0. The highest BCUT2D eigenvalue weighted by Gasteiger charge is 2.37. The van der Waals surface area contributed by atoms with Gasteiger partial charge in [0, 0.05) is 5.69 Å². The molecule has 4 aromatic rings. The summed E-state index contributed by atoms with van der Waals surface area (Å²) in [6.07, 6.45) is 0.725. The number of hydrogen-bond acceptors (Lipinski definition) is 1. The molecule has 28 heavy (non-hydrogen) atoms. The number of carbonyl (C=O) groups excluding carboxylic acids is 1. The zero-order valence-corrected chi connectivity index (χ0v) is 15.6. The van der Waals surface area contributed by atoms with Gasteiger partial charge in [-0.25, -0.2) is 0 Å². The molecule has 0 saturated carbocycles. The molecule has 0 N–H and O–H groups in total. The van der Waals surface area contributed by atoms with Gasteiger partial charge in [0.15, 0.2) is 0 Å². The molecular formula is C26H21NO. The molecule has 2 heteroatoms. The normalized spacial score (nSPS) is 15.8. The average Bonchev–Trinajstić information content (AvgIpc) is 3.01. The van der Waals surface area contributed by atoms with Gasteiger partial charge in [-0.15, -0.1) is 0 Å². The van der Waals surface area contributed by atoms with Gasteiger partial charge in [-0.2, -0.15) is 0 Å². The van der Waals surface area contributed by atoms with E-state index in [1.54, 1.807) is 0 Å². The Hall–Kier alpha value is -3.39. The lowest BCUT2D eigenvalue weighted by atomic mass is 9.91. The van der Waals surface area contributed by atoms with E-state index >= 15 is 0 Å². The lowest BCUT2D eigenvalue weighted by Gasteiger charge is -2.18. The summed E-state index contributed by atoms with van der Waals surface area (Å²) in [4.78, 5) is 15.4. The summed E-state index contributed by atoms with van der Waals surface area (Å²) in [6, 6.07) is 33.2. The fraction of sp³-hybridized carbons (Fsp3) is 0.115. The minimum Gasteiger partial charge on any atom is -0.307 e. The summed E-state index contributed by atoms with van der Waals surface area (Å²) in [5, 5.41) is 2.46. The van der Waals surface area contributed by atoms with Crippen molar-refractivity contribution in [2.24, 2.45) is 0 Å². The first-order chi connectivity index (χ1) is 13.8. The Morgan fingerprint density at radius 3 is 2.32 bits per heavy atom. The molecule has 1 unspecified atom stereocenters. The van der Waals surface area contributed by atoms with Crippen LogP contribution in [0.3, 0.4) is 0 Å². The van der Waals surface area contributed by atoms with E-state index in [4.69, 9.17) is 0 Å². The molecule has 1 heterocycles. The second-order valence-corrected chi connectivity index (χ2v) is 7.36. The van der Waals surface area contributed by atoms with Crippen LogP contribution in [-0.2, 0) is 17.8 Å². The third-order valence-electron chi connectivity index (χ3n) is 5.65. The van der Waals surface area contributed by atoms with E-state index in [2.05, 4.69) is 66.7 Å². The van der Waals surface area contributed by atoms with E-state index in [0.29, 0.717) is 6.54 Å². The molecule has 0 spiro atoms. The van der Waals surface area contributed by atoms with Crippen LogP contribution in [0.25, 0.3) is 10.8 Å². The predicted molar refractivity (Wildman–Crippen MR) is 114 cm³/mol. The maximum absolute atomic E-state index is 13.4. The second kappa shape index (κ2) is 6.97. The molecule has 0 radical (unpaired) electrons. The molecule has 2 nitrogen and oxygen atoms in total. The van der Waals surface area contributed by atoms with Crippen LogP contribution in [0.15, 0.2) is 97.1 Å². The lowest BCUT2D eigenvalue weighted by molar-refractivity contribution is -0.119. The summed E-state index contributed by atoms with van der Waals surface area (Å²) in [5.41, 5.74) is 4.56. The van der Waals surface area contributed by atoms with Gasteiger partial charge < -0.3 is 4.90 Å². The van der Waals surface area contributed by atoms with Crippen LogP contribution >= 0.6 is 0 Å². The van der Waals surface area contributed by atoms with Gasteiger partial charge in [0.25, 0.3) is 0 Å². The van der Waals surface area contributed by atoms with Crippen molar-refractivity contribution in [3.63, 3.8) is 0 Å². The quantitative estimate of drug-likeness (QED) is 0.454. The fourth-order valence-electron chi connectivity index (χ4n) is 4.28. The molecule has 5 rings (SSSR count). The number of fused-ring (bicyclic) bond motifs is 2. The van der Waals surface area contributed by atoms with E-state index in [-0.39, 0.29) is 11.8 Å². The Morgan fingerprint density at radius 1 is 0.714 bits per heavy atom. The fourth-order valence-corrected chi connectivity index (χ4v) is 4.28. The Bertz CT molecular complexity index is 1140. The topological polar surface area (TPSA) is 20.3 Å². The van der Waals surface area contributed by atoms with Crippen LogP contribution in [0.1, 0.15) is 22.6 Å². The molecule has 1 amide bonds. The van der Waals surface area contributed by atoms with Crippen molar-refractivity contribution < 1.29 is 4.79 Å². The minimum atomic E-state index is -0.134. The van der Waals surface area contributed by atoms with Crippen molar-refractivity contribution in [3.8, 4) is 0 Å². The zero-order chi connectivity index (χ0) is 18.9. The van der Waals surface area contributed by atoms with E-state index < -0.39 is 0 Å². The van der Waals surface area contributed by atoms with Gasteiger partial charge in [0.2, 0.25) is 5.91 Å². The monoisotopic (exact) mass is 363 g/mol. The molecule has 0 saturated heterocycles. The summed E-state index contributed by atoms with van der Waals surface area (Å²) < 4.78 is 0. The third kappa shape index (κ3) is 2.87. The van der Waals surface area contributed by atoms with E-state index in [1.807, 2.05) is 35.2 Å². The van der Waals surface area contributed by atoms with Crippen LogP contribution in [0.2, 0.25) is 0 Å². The summed E-state index contributed by atoms with van der Waals surface area (Å²) in [5.74, 6) is 0.0590. The largest absolute Gasteiger partial charge is 0.307 e. The smallest absolute Gasteiger partial charge is 0.235 e. The van der Waals surface area contributed by atoms with Crippen molar-refractivity contribution >= 4 is 22.4 Å². The first-order valence-electron chi connectivity index (χ1n) is 9.72. The molecule has 0 fully saturated rings. The highest BCUT2D eigenvalue weighted by molar-refractivity contribution is 6.05. The highest BCUT2D eigenvalue weighted by atomic mass is 16.2. The SMILES string of the molecule is O=C1C(Cc2cccc3ccccc23)c2ccccc2N1Cc1ccccc1. The Balaban J connectivity index is 1.52. The number of amides is 1. The summed E-state index contributed by atoms with van der Waals surface area (Å²) >= 11 is 0. The molecule has 4 aromatic carbocycles. The van der Waals surface area contributed by atoms with Crippen molar-refractivity contribution in [1.29, 1.82) is 0 Å². The molecule has 0 aromatic heterocycles. The molecule has 1 aliphatic heterocycles. The van der Waals surface area contributed by atoms with Crippen molar-refractivity contribution in [2.75, 3.05) is 4.90 Å². The van der Waals surface area contributed by atoms with Crippen LogP contribution in [-0.4, -0.2) is 5.91 Å². The number of rotatable bonds is 4. The molecular weight excluding hydrogens is 342 g/mol. The van der Waals surface area contributed by atoms with Crippen molar-refractivity contribution in [1.82, 2.24) is 0 Å². The van der Waals surface area contributed by atoms with Gasteiger partial charge in [0.1, 0.15) is 0 Å². The van der Waals surface area contributed by atoms with Gasteiger partial charge in [-0.1, -0.05) is 91.0 Å². The zero-order valence-electron chi connectivity index (χ0n) is 15.6. The number of nitrogens with zero attached hydrogens (tertiary/aromatic N) is 1. The number of carbonyl (C=O) groups is 1. The first-order valence-corrected chi connectivity index (χ1v) is 9.72. The average molecular weight is 363 g/mol. The van der Waals surface area contributed by atoms with Crippen molar-refractivity contribution in [3.05, 3.63) is 114 Å². The lowest BCUT2D eigenvalue weighted by Crippen LogP contribution is -2.29. The van der Waals surface area contributed by atoms with Crippen LogP contribution < -0.4 is 4.90 Å². The minimum absolute atomic E-state index is 0.134. The van der Waals surface area contributed by atoms with Crippen LogP contribution in [0.5, 0.6) is 0 Å². The summed E-state index contributed by atoms with van der Waals surface area (Å²) in [6.45, 7) is 0.614. The van der Waals surface area contributed by atoms with Gasteiger partial charge in [-0.3, -0.25) is 4.79 Å². The van der Waals surface area contributed by atoms with Crippen molar-refractivity contribution in [2.45, 2.75) is 18.9 Å². The Labute approximate surface area is 165 Å². The molecule has 1 aliphatic rings. The van der Waals surface area contributed by atoms with Gasteiger partial charge >= 0.3 is 0 Å². The van der Waals surface area contributed by atoms with Crippen LogP contribution in [0.4, 0.5) is 5.69 Å². The summed E-state index contributed by atoms with van der Waals surface area (Å²) in [7, 11) is 0. The van der Waals surface area contributed by atoms with E-state index in [1.165, 1.54) is 16.3 Å². The predicted octanol–water partition coefficient (Wildman–Crippen LogP) is 5.71. The first kappa shape index (κ1) is 16.8. The van der Waals surface area contributed by atoms with E-state index in [9.17, 15) is 4.79 Å². The highest BCUT2D eigenvalue weighted by Crippen LogP contribution is 2.40. The number of benzene rings is 4. The molecule has 0 aliphatic carbocycles. The van der Waals surface area contributed by atoms with E-state index in [0.717, 1.165) is 23.2 Å². The second-order valence-electron chi connectivity index (χ2n) is 7.36. The molecule has 1 atom stereocenters. The molecule has 136 valence electrons. The standard InChI is InChI=1S/C26H21NO/c28-26-24(17-21-13-8-12-20-11-4-5-14-22(20)21)23-15-6-7-16-25(23)27(26)18-19-9-2-1-3-10-19/h1-16,24H,17-18H2. The Kier molecular flexibility index (Phi) is 4.17. The Morgan fingerprint density at radius 2 is 1.43 bits per heavy atom. The maximum atomic E-state index is 13.4. The van der Waals surface area contributed by atoms with Gasteiger partial charge in [0.05, 0.1) is 12.5 Å². The maximum Gasteiger partial charge on any atom is 0.235 e.